The average Bonchev–Trinajstić information content (AvgIpc) is 2.56. The molecule has 0 bridgehead atoms. The first-order valence-electron chi connectivity index (χ1n) is 7.93. The highest BCUT2D eigenvalue weighted by atomic mass is 35.5. The van der Waals surface area contributed by atoms with Crippen LogP contribution in [0.4, 0.5) is 0 Å². The molecule has 3 rings (SSSR count). The number of ether oxygens (including phenoxy) is 1. The number of hydrogen-bond donors (Lipinski definition) is 2. The summed E-state index contributed by atoms with van der Waals surface area (Å²) in [6.45, 7) is 4.45. The predicted molar refractivity (Wildman–Crippen MR) is 93.3 cm³/mol. The van der Waals surface area contributed by atoms with E-state index in [9.17, 15) is 9.59 Å². The zero-order valence-electron chi connectivity index (χ0n) is 13.5. The topological polar surface area (TPSA) is 74.4 Å². The van der Waals surface area contributed by atoms with Gasteiger partial charge in [-0.05, 0) is 12.1 Å². The molecular weight excluding hydrogens is 330 g/mol. The number of para-hydroxylation sites is 1. The van der Waals surface area contributed by atoms with Gasteiger partial charge in [-0.1, -0.05) is 17.7 Å². The highest BCUT2D eigenvalue weighted by Gasteiger charge is 2.21. The Morgan fingerprint density at radius 3 is 3.12 bits per heavy atom. The first-order chi connectivity index (χ1) is 11.5. The van der Waals surface area contributed by atoms with Crippen molar-refractivity contribution in [3.05, 3.63) is 45.2 Å². The van der Waals surface area contributed by atoms with Gasteiger partial charge in [-0.3, -0.25) is 9.59 Å². The van der Waals surface area contributed by atoms with Crippen LogP contribution in [0.25, 0.3) is 10.9 Å². The lowest BCUT2D eigenvalue weighted by molar-refractivity contribution is -0.136. The zero-order valence-corrected chi connectivity index (χ0v) is 14.2. The average molecular weight is 350 g/mol. The van der Waals surface area contributed by atoms with Crippen molar-refractivity contribution in [2.45, 2.75) is 19.6 Å². The minimum atomic E-state index is -0.0558. The van der Waals surface area contributed by atoms with Gasteiger partial charge in [0.1, 0.15) is 0 Å². The molecule has 2 N–H and O–H groups in total. The van der Waals surface area contributed by atoms with E-state index in [0.717, 1.165) is 5.69 Å². The number of halogens is 1. The number of rotatable bonds is 4. The summed E-state index contributed by atoms with van der Waals surface area (Å²) in [5.41, 5.74) is 1.36. The number of morpholine rings is 1. The third kappa shape index (κ3) is 3.77. The van der Waals surface area contributed by atoms with Gasteiger partial charge in [0.15, 0.2) is 5.43 Å². The number of nitrogens with one attached hydrogen (secondary N) is 2. The molecule has 1 aliphatic rings. The Morgan fingerprint density at radius 1 is 1.50 bits per heavy atom. The summed E-state index contributed by atoms with van der Waals surface area (Å²) in [6, 6.07) is 6.85. The van der Waals surface area contributed by atoms with Crippen LogP contribution in [-0.2, 0) is 16.1 Å². The summed E-state index contributed by atoms with van der Waals surface area (Å²) < 4.78 is 5.66. The molecule has 24 heavy (non-hydrogen) atoms. The van der Waals surface area contributed by atoms with E-state index in [1.165, 1.54) is 0 Å². The molecule has 1 saturated heterocycles. The number of fused-ring (bicyclic) bond motifs is 1. The molecule has 2 heterocycles. The molecule has 0 saturated carbocycles. The first-order valence-corrected chi connectivity index (χ1v) is 8.30. The molecular formula is C17H20ClN3O3. The quantitative estimate of drug-likeness (QED) is 0.877. The van der Waals surface area contributed by atoms with Crippen molar-refractivity contribution in [3.63, 3.8) is 0 Å². The molecule has 6 nitrogen and oxygen atoms in total. The van der Waals surface area contributed by atoms with Gasteiger partial charge >= 0.3 is 0 Å². The van der Waals surface area contributed by atoms with Crippen LogP contribution < -0.4 is 10.7 Å². The number of H-pyrrole nitrogens is 1. The van der Waals surface area contributed by atoms with Crippen molar-refractivity contribution in [1.29, 1.82) is 0 Å². The number of aromatic nitrogens is 1. The van der Waals surface area contributed by atoms with E-state index in [-0.39, 0.29) is 17.4 Å². The molecule has 0 aliphatic carbocycles. The normalized spacial score (nSPS) is 18.1. The van der Waals surface area contributed by atoms with Gasteiger partial charge in [-0.15, -0.1) is 0 Å². The molecule has 1 unspecified atom stereocenters. The summed E-state index contributed by atoms with van der Waals surface area (Å²) in [4.78, 5) is 28.6. The van der Waals surface area contributed by atoms with Gasteiger partial charge < -0.3 is 19.9 Å². The molecule has 1 atom stereocenters. The van der Waals surface area contributed by atoms with Gasteiger partial charge in [-0.25, -0.2) is 0 Å². The van der Waals surface area contributed by atoms with Crippen LogP contribution >= 0.6 is 11.6 Å². The SMILES string of the molecule is CC(=O)N1CCOC(CNCc2cc(=O)c3cccc(Cl)c3[nH]2)C1. The lowest BCUT2D eigenvalue weighted by Crippen LogP contribution is -2.48. The van der Waals surface area contributed by atoms with E-state index in [2.05, 4.69) is 10.3 Å². The Hall–Kier alpha value is -1.89. The monoisotopic (exact) mass is 349 g/mol. The van der Waals surface area contributed by atoms with E-state index >= 15 is 0 Å². The number of pyridine rings is 1. The molecule has 0 spiro atoms. The molecule has 1 aliphatic heterocycles. The summed E-state index contributed by atoms with van der Waals surface area (Å²) in [5.74, 6) is 0.0665. The fourth-order valence-corrected chi connectivity index (χ4v) is 3.10. The van der Waals surface area contributed by atoms with Crippen molar-refractivity contribution in [2.24, 2.45) is 0 Å². The largest absolute Gasteiger partial charge is 0.373 e. The Bertz CT molecular complexity index is 805. The number of amides is 1. The number of nitrogens with zero attached hydrogens (tertiary/aromatic N) is 1. The molecule has 1 aromatic heterocycles. The highest BCUT2D eigenvalue weighted by molar-refractivity contribution is 6.35. The van der Waals surface area contributed by atoms with Crippen LogP contribution in [0.1, 0.15) is 12.6 Å². The molecule has 1 amide bonds. The van der Waals surface area contributed by atoms with E-state index < -0.39 is 0 Å². The van der Waals surface area contributed by atoms with E-state index in [4.69, 9.17) is 16.3 Å². The molecule has 2 aromatic rings. The highest BCUT2D eigenvalue weighted by Crippen LogP contribution is 2.18. The maximum absolute atomic E-state index is 12.2. The maximum atomic E-state index is 12.2. The summed E-state index contributed by atoms with van der Waals surface area (Å²) in [5, 5.41) is 4.38. The predicted octanol–water partition coefficient (Wildman–Crippen LogP) is 1.52. The van der Waals surface area contributed by atoms with Crippen LogP contribution in [0, 0.1) is 0 Å². The van der Waals surface area contributed by atoms with Crippen LogP contribution in [0.5, 0.6) is 0 Å². The van der Waals surface area contributed by atoms with E-state index in [1.54, 1.807) is 36.1 Å². The molecule has 7 heteroatoms. The zero-order chi connectivity index (χ0) is 17.1. The second-order valence-corrected chi connectivity index (χ2v) is 6.32. The summed E-state index contributed by atoms with van der Waals surface area (Å²) in [6.07, 6.45) is -0.0431. The Balaban J connectivity index is 1.63. The Labute approximate surface area is 144 Å². The second-order valence-electron chi connectivity index (χ2n) is 5.91. The molecule has 1 aromatic carbocycles. The second kappa shape index (κ2) is 7.34. The lowest BCUT2D eigenvalue weighted by Gasteiger charge is -2.32. The Morgan fingerprint density at radius 2 is 2.33 bits per heavy atom. The molecule has 1 fully saturated rings. The van der Waals surface area contributed by atoms with Gasteiger partial charge in [0.05, 0.1) is 23.3 Å². The van der Waals surface area contributed by atoms with Crippen LogP contribution in [-0.4, -0.2) is 48.1 Å². The smallest absolute Gasteiger partial charge is 0.219 e. The van der Waals surface area contributed by atoms with Crippen molar-refractivity contribution >= 4 is 28.4 Å². The lowest BCUT2D eigenvalue weighted by atomic mass is 10.2. The third-order valence-electron chi connectivity index (χ3n) is 4.14. The van der Waals surface area contributed by atoms with Gasteiger partial charge in [0.2, 0.25) is 5.91 Å². The number of carbonyl (C=O) groups excluding carboxylic acids is 1. The Kier molecular flexibility index (Phi) is 5.18. The van der Waals surface area contributed by atoms with E-state index in [1.807, 2.05) is 0 Å². The molecule has 0 radical (unpaired) electrons. The van der Waals surface area contributed by atoms with Crippen LogP contribution in [0.2, 0.25) is 5.02 Å². The van der Waals surface area contributed by atoms with Crippen LogP contribution in [0.15, 0.2) is 29.1 Å². The minimum absolute atomic E-state index is 0.0431. The number of carbonyl (C=O) groups is 1. The van der Waals surface area contributed by atoms with Crippen LogP contribution in [0.3, 0.4) is 0 Å². The third-order valence-corrected chi connectivity index (χ3v) is 4.46. The fourth-order valence-electron chi connectivity index (χ4n) is 2.88. The van der Waals surface area contributed by atoms with Gasteiger partial charge in [0.25, 0.3) is 0 Å². The van der Waals surface area contributed by atoms with Crippen molar-refractivity contribution < 1.29 is 9.53 Å². The number of aromatic amines is 1. The van der Waals surface area contributed by atoms with Crippen molar-refractivity contribution in [1.82, 2.24) is 15.2 Å². The van der Waals surface area contributed by atoms with Crippen molar-refractivity contribution in [2.75, 3.05) is 26.2 Å². The van der Waals surface area contributed by atoms with Gasteiger partial charge in [-0.2, -0.15) is 0 Å². The summed E-state index contributed by atoms with van der Waals surface area (Å²) >= 11 is 6.15. The summed E-state index contributed by atoms with van der Waals surface area (Å²) in [7, 11) is 0. The minimum Gasteiger partial charge on any atom is -0.373 e. The molecule has 128 valence electrons. The number of benzene rings is 1. The standard InChI is InChI=1S/C17H20ClN3O3/c1-11(22)21-5-6-24-13(10-21)9-19-8-12-7-16(23)14-3-2-4-15(18)17(14)20-12/h2-4,7,13,19H,5-6,8-10H2,1H3,(H,20,23). The van der Waals surface area contributed by atoms with Crippen molar-refractivity contribution in [3.8, 4) is 0 Å². The fraction of sp³-hybridized carbons (Fsp3) is 0.412. The van der Waals surface area contributed by atoms with Gasteiger partial charge in [0, 0.05) is 50.2 Å². The first kappa shape index (κ1) is 17.0. The maximum Gasteiger partial charge on any atom is 0.219 e. The number of hydrogen-bond acceptors (Lipinski definition) is 4. The van der Waals surface area contributed by atoms with E-state index in [0.29, 0.717) is 48.7 Å².